The summed E-state index contributed by atoms with van der Waals surface area (Å²) in [4.78, 5) is 26.7. The molecule has 132 valence electrons. The zero-order valence-electron chi connectivity index (χ0n) is 13.3. The molecule has 0 aromatic heterocycles. The molecular weight excluding hydrogens is 323 g/mol. The molecule has 5 nitrogen and oxygen atoms in total. The van der Waals surface area contributed by atoms with Crippen molar-refractivity contribution in [1.29, 1.82) is 0 Å². The summed E-state index contributed by atoms with van der Waals surface area (Å²) in [6.07, 6.45) is -3.80. The molecule has 0 spiro atoms. The van der Waals surface area contributed by atoms with Crippen LogP contribution in [0.1, 0.15) is 12.5 Å². The van der Waals surface area contributed by atoms with Gasteiger partial charge in [0.05, 0.1) is 0 Å². The molecule has 1 N–H and O–H groups in total. The highest BCUT2D eigenvalue weighted by molar-refractivity contribution is 5.85. The molecule has 1 heterocycles. The van der Waals surface area contributed by atoms with Gasteiger partial charge in [0, 0.05) is 19.6 Å². The number of amides is 3. The average molecular weight is 343 g/mol. The van der Waals surface area contributed by atoms with Crippen molar-refractivity contribution in [2.45, 2.75) is 25.6 Å². The molecule has 0 saturated carbocycles. The largest absolute Gasteiger partial charge is 0.408 e. The van der Waals surface area contributed by atoms with Crippen molar-refractivity contribution in [3.05, 3.63) is 35.9 Å². The van der Waals surface area contributed by atoms with Crippen molar-refractivity contribution in [3.63, 3.8) is 0 Å². The summed E-state index contributed by atoms with van der Waals surface area (Å²) in [5.41, 5.74) is 1.10. The van der Waals surface area contributed by atoms with Gasteiger partial charge in [0.25, 0.3) is 0 Å². The first-order chi connectivity index (χ1) is 11.3. The van der Waals surface area contributed by atoms with Crippen LogP contribution in [0.4, 0.5) is 18.0 Å². The molecule has 0 radical (unpaired) electrons. The standard InChI is InChI=1S/C16H20F3N3O2/c1-12(16(17,18)19)20-15(24)22-10-9-21(14(23)11-22)8-7-13-5-3-2-4-6-13/h2-6,12H,7-11H2,1H3,(H,20,24). The maximum absolute atomic E-state index is 12.5. The van der Waals surface area contributed by atoms with Gasteiger partial charge in [-0.2, -0.15) is 13.2 Å². The molecule has 8 heteroatoms. The van der Waals surface area contributed by atoms with E-state index in [0.717, 1.165) is 17.4 Å². The first-order valence-corrected chi connectivity index (χ1v) is 7.71. The molecule has 0 aliphatic carbocycles. The van der Waals surface area contributed by atoms with E-state index in [0.29, 0.717) is 19.5 Å². The molecule has 24 heavy (non-hydrogen) atoms. The molecule has 0 bridgehead atoms. The number of piperazine rings is 1. The average Bonchev–Trinajstić information content (AvgIpc) is 2.53. The Hall–Kier alpha value is -2.25. The topological polar surface area (TPSA) is 52.7 Å². The molecule has 1 aromatic carbocycles. The number of benzene rings is 1. The van der Waals surface area contributed by atoms with Crippen molar-refractivity contribution in [3.8, 4) is 0 Å². The van der Waals surface area contributed by atoms with Crippen LogP contribution in [-0.4, -0.2) is 60.1 Å². The number of alkyl halides is 3. The second kappa shape index (κ2) is 7.55. The number of carbonyl (C=O) groups is 2. The molecular formula is C16H20F3N3O2. The highest BCUT2D eigenvalue weighted by Crippen LogP contribution is 2.19. The van der Waals surface area contributed by atoms with E-state index in [1.165, 1.54) is 0 Å². The SMILES string of the molecule is CC(NC(=O)N1CCN(CCc2ccccc2)C(=O)C1)C(F)(F)F. The summed E-state index contributed by atoms with van der Waals surface area (Å²) in [5, 5.41) is 1.87. The Morgan fingerprint density at radius 1 is 1.25 bits per heavy atom. The molecule has 1 atom stereocenters. The Morgan fingerprint density at radius 2 is 1.92 bits per heavy atom. The molecule has 1 aromatic rings. The summed E-state index contributed by atoms with van der Waals surface area (Å²) in [7, 11) is 0. The molecule has 1 fully saturated rings. The number of carbonyl (C=O) groups excluding carboxylic acids is 2. The maximum atomic E-state index is 12.5. The van der Waals surface area contributed by atoms with Gasteiger partial charge in [-0.1, -0.05) is 30.3 Å². The zero-order valence-corrected chi connectivity index (χ0v) is 13.3. The second-order valence-corrected chi connectivity index (χ2v) is 5.75. The first-order valence-electron chi connectivity index (χ1n) is 7.71. The molecule has 1 saturated heterocycles. The molecule has 3 amide bonds. The number of rotatable bonds is 4. The van der Waals surface area contributed by atoms with Crippen LogP contribution in [0.2, 0.25) is 0 Å². The third-order valence-corrected chi connectivity index (χ3v) is 3.95. The molecule has 1 aliphatic rings. The van der Waals surface area contributed by atoms with E-state index in [1.54, 1.807) is 4.90 Å². The fraction of sp³-hybridized carbons (Fsp3) is 0.500. The van der Waals surface area contributed by atoms with Gasteiger partial charge in [0.2, 0.25) is 5.91 Å². The fourth-order valence-electron chi connectivity index (χ4n) is 2.39. The molecule has 2 rings (SSSR count). The Balaban J connectivity index is 1.82. The summed E-state index contributed by atoms with van der Waals surface area (Å²) in [6.45, 7) is 1.73. The lowest BCUT2D eigenvalue weighted by atomic mass is 10.1. The Morgan fingerprint density at radius 3 is 2.50 bits per heavy atom. The van der Waals surface area contributed by atoms with Gasteiger partial charge >= 0.3 is 12.2 Å². The smallest absolute Gasteiger partial charge is 0.339 e. The first kappa shape index (κ1) is 18.1. The maximum Gasteiger partial charge on any atom is 0.408 e. The third kappa shape index (κ3) is 4.87. The van der Waals surface area contributed by atoms with Gasteiger partial charge in [0.1, 0.15) is 12.6 Å². The van der Waals surface area contributed by atoms with Crippen LogP contribution in [0.3, 0.4) is 0 Å². The van der Waals surface area contributed by atoms with Crippen molar-refractivity contribution < 1.29 is 22.8 Å². The third-order valence-electron chi connectivity index (χ3n) is 3.95. The van der Waals surface area contributed by atoms with E-state index in [-0.39, 0.29) is 19.0 Å². The van der Waals surface area contributed by atoms with Crippen molar-refractivity contribution in [1.82, 2.24) is 15.1 Å². The van der Waals surface area contributed by atoms with Gasteiger partial charge in [-0.15, -0.1) is 0 Å². The quantitative estimate of drug-likeness (QED) is 0.910. The van der Waals surface area contributed by atoms with E-state index in [2.05, 4.69) is 0 Å². The van der Waals surface area contributed by atoms with Crippen molar-refractivity contribution in [2.24, 2.45) is 0 Å². The minimum atomic E-state index is -4.50. The van der Waals surface area contributed by atoms with E-state index in [4.69, 9.17) is 0 Å². The lowest BCUT2D eigenvalue weighted by Gasteiger charge is -2.35. The summed E-state index contributed by atoms with van der Waals surface area (Å²) in [6, 6.07) is 6.86. The minimum absolute atomic E-state index is 0.203. The monoisotopic (exact) mass is 343 g/mol. The van der Waals surface area contributed by atoms with Crippen LogP contribution in [0.25, 0.3) is 0 Å². The van der Waals surface area contributed by atoms with Crippen molar-refractivity contribution in [2.75, 3.05) is 26.2 Å². The van der Waals surface area contributed by atoms with Gasteiger partial charge in [-0.3, -0.25) is 4.79 Å². The van der Waals surface area contributed by atoms with Crippen LogP contribution in [0, 0.1) is 0 Å². The molecule has 1 aliphatic heterocycles. The van der Waals surface area contributed by atoms with Crippen LogP contribution in [0.5, 0.6) is 0 Å². The predicted octanol–water partition coefficient (Wildman–Crippen LogP) is 2.03. The van der Waals surface area contributed by atoms with Crippen LogP contribution in [-0.2, 0) is 11.2 Å². The van der Waals surface area contributed by atoms with E-state index in [1.807, 2.05) is 35.6 Å². The van der Waals surface area contributed by atoms with Crippen LogP contribution < -0.4 is 5.32 Å². The number of nitrogens with zero attached hydrogens (tertiary/aromatic N) is 2. The van der Waals surface area contributed by atoms with Crippen LogP contribution >= 0.6 is 0 Å². The van der Waals surface area contributed by atoms with Gasteiger partial charge in [-0.05, 0) is 18.9 Å². The normalized spacial score (nSPS) is 16.9. The Kier molecular flexibility index (Phi) is 5.69. The number of halogens is 3. The predicted molar refractivity (Wildman–Crippen MR) is 82.3 cm³/mol. The van der Waals surface area contributed by atoms with Gasteiger partial charge in [0.15, 0.2) is 0 Å². The molecule has 1 unspecified atom stereocenters. The zero-order chi connectivity index (χ0) is 17.7. The van der Waals surface area contributed by atoms with Crippen molar-refractivity contribution >= 4 is 11.9 Å². The minimum Gasteiger partial charge on any atom is -0.339 e. The Labute approximate surface area is 138 Å². The second-order valence-electron chi connectivity index (χ2n) is 5.75. The number of hydrogen-bond donors (Lipinski definition) is 1. The highest BCUT2D eigenvalue weighted by atomic mass is 19.4. The fourth-order valence-corrected chi connectivity index (χ4v) is 2.39. The Bertz CT molecular complexity index is 578. The highest BCUT2D eigenvalue weighted by Gasteiger charge is 2.38. The van der Waals surface area contributed by atoms with E-state index in [9.17, 15) is 22.8 Å². The number of urea groups is 1. The van der Waals surface area contributed by atoms with E-state index < -0.39 is 18.2 Å². The van der Waals surface area contributed by atoms with Gasteiger partial charge in [-0.25, -0.2) is 4.79 Å². The number of hydrogen-bond acceptors (Lipinski definition) is 2. The van der Waals surface area contributed by atoms with Gasteiger partial charge < -0.3 is 15.1 Å². The summed E-state index contributed by atoms with van der Waals surface area (Å²) in [5.74, 6) is -0.257. The summed E-state index contributed by atoms with van der Waals surface area (Å²) < 4.78 is 37.4. The lowest BCUT2D eigenvalue weighted by Crippen LogP contribution is -2.57. The lowest BCUT2D eigenvalue weighted by molar-refractivity contribution is -0.149. The number of nitrogens with one attached hydrogen (secondary N) is 1. The van der Waals surface area contributed by atoms with E-state index >= 15 is 0 Å². The van der Waals surface area contributed by atoms with Crippen LogP contribution in [0.15, 0.2) is 30.3 Å². The summed E-state index contributed by atoms with van der Waals surface area (Å²) >= 11 is 0.